The molecule has 2 aromatic rings. The van der Waals surface area contributed by atoms with Crippen LogP contribution in [0.15, 0.2) is 24.5 Å². The molecule has 17 heavy (non-hydrogen) atoms. The fourth-order valence-corrected chi connectivity index (χ4v) is 1.88. The summed E-state index contributed by atoms with van der Waals surface area (Å²) in [5, 5.41) is 4.02. The first kappa shape index (κ1) is 12.0. The van der Waals surface area contributed by atoms with Crippen molar-refractivity contribution < 1.29 is 4.39 Å². The van der Waals surface area contributed by atoms with Crippen LogP contribution in [0.1, 0.15) is 17.4 Å². The maximum absolute atomic E-state index is 13.3. The number of nitrogens with zero attached hydrogens (tertiary/aromatic N) is 3. The minimum Gasteiger partial charge on any atom is -0.324 e. The van der Waals surface area contributed by atoms with E-state index in [-0.39, 0.29) is 5.02 Å². The Bertz CT molecular complexity index is 526. The normalized spacial score (nSPS) is 12.7. The molecule has 0 saturated carbocycles. The van der Waals surface area contributed by atoms with Gasteiger partial charge in [0.2, 0.25) is 0 Å². The summed E-state index contributed by atoms with van der Waals surface area (Å²) in [6.45, 7) is 0. The van der Waals surface area contributed by atoms with E-state index >= 15 is 0 Å². The molecule has 6 heteroatoms. The number of aromatic nitrogens is 3. The lowest BCUT2D eigenvalue weighted by Crippen LogP contribution is -2.16. The third kappa shape index (κ3) is 2.45. The summed E-state index contributed by atoms with van der Waals surface area (Å²) in [4.78, 5) is 4.07. The molecule has 90 valence electrons. The molecule has 0 radical (unpaired) electrons. The van der Waals surface area contributed by atoms with Crippen LogP contribution in [0.25, 0.3) is 0 Å². The molecular weight excluding hydrogens is 243 g/mol. The number of hydrogen-bond acceptors (Lipinski definition) is 3. The van der Waals surface area contributed by atoms with Gasteiger partial charge in [-0.25, -0.2) is 9.37 Å². The minimum absolute atomic E-state index is 0.0715. The Morgan fingerprint density at radius 1 is 1.53 bits per heavy atom. The number of nitrogens with two attached hydrogens (primary N) is 1. The summed E-state index contributed by atoms with van der Waals surface area (Å²) in [7, 11) is 1.78. The predicted molar refractivity (Wildman–Crippen MR) is 63.0 cm³/mol. The standard InChI is InChI=1S/C11H12ClFN4/c1-17-10(15-6-16-17)5-9(14)7-3-2-4-8(13)11(7)12/h2-4,6,9H,5,14H2,1H3. The van der Waals surface area contributed by atoms with Crippen LogP contribution in [-0.2, 0) is 13.5 Å². The van der Waals surface area contributed by atoms with Crippen molar-refractivity contribution in [1.82, 2.24) is 14.8 Å². The van der Waals surface area contributed by atoms with Crippen LogP contribution >= 0.6 is 11.6 Å². The van der Waals surface area contributed by atoms with Gasteiger partial charge in [-0.05, 0) is 11.6 Å². The Hall–Kier alpha value is -1.46. The van der Waals surface area contributed by atoms with Gasteiger partial charge in [0, 0.05) is 19.5 Å². The van der Waals surface area contributed by atoms with Crippen molar-refractivity contribution in [3.05, 3.63) is 46.8 Å². The number of halogens is 2. The summed E-state index contributed by atoms with van der Waals surface area (Å²) in [5.74, 6) is 0.274. The first-order valence-electron chi connectivity index (χ1n) is 5.12. The summed E-state index contributed by atoms with van der Waals surface area (Å²) in [6, 6.07) is 4.21. The van der Waals surface area contributed by atoms with E-state index in [9.17, 15) is 4.39 Å². The molecule has 0 aliphatic heterocycles. The van der Waals surface area contributed by atoms with Gasteiger partial charge < -0.3 is 5.73 Å². The number of benzene rings is 1. The fourth-order valence-electron chi connectivity index (χ4n) is 1.62. The first-order valence-corrected chi connectivity index (χ1v) is 5.49. The zero-order valence-corrected chi connectivity index (χ0v) is 10.0. The largest absolute Gasteiger partial charge is 0.324 e. The van der Waals surface area contributed by atoms with E-state index < -0.39 is 11.9 Å². The van der Waals surface area contributed by atoms with Crippen molar-refractivity contribution in [3.63, 3.8) is 0 Å². The fraction of sp³-hybridized carbons (Fsp3) is 0.273. The van der Waals surface area contributed by atoms with Crippen LogP contribution in [0.2, 0.25) is 5.02 Å². The highest BCUT2D eigenvalue weighted by molar-refractivity contribution is 6.31. The molecule has 1 aromatic heterocycles. The van der Waals surface area contributed by atoms with Gasteiger partial charge in [0.25, 0.3) is 0 Å². The van der Waals surface area contributed by atoms with Crippen molar-refractivity contribution in [1.29, 1.82) is 0 Å². The molecule has 0 fully saturated rings. The van der Waals surface area contributed by atoms with Crippen molar-refractivity contribution in [3.8, 4) is 0 Å². The highest BCUT2D eigenvalue weighted by Gasteiger charge is 2.15. The highest BCUT2D eigenvalue weighted by atomic mass is 35.5. The van der Waals surface area contributed by atoms with Gasteiger partial charge in [0.1, 0.15) is 18.0 Å². The molecule has 0 aliphatic carbocycles. The maximum atomic E-state index is 13.3. The molecule has 1 unspecified atom stereocenters. The molecule has 0 aliphatic rings. The zero-order valence-electron chi connectivity index (χ0n) is 9.27. The third-order valence-electron chi connectivity index (χ3n) is 2.59. The second kappa shape index (κ2) is 4.81. The molecule has 2 N–H and O–H groups in total. The average molecular weight is 255 g/mol. The second-order valence-electron chi connectivity index (χ2n) is 3.75. The lowest BCUT2D eigenvalue weighted by atomic mass is 10.0. The lowest BCUT2D eigenvalue weighted by molar-refractivity contribution is 0.606. The second-order valence-corrected chi connectivity index (χ2v) is 4.13. The number of aryl methyl sites for hydroxylation is 1. The molecule has 4 nitrogen and oxygen atoms in total. The Morgan fingerprint density at radius 3 is 2.94 bits per heavy atom. The third-order valence-corrected chi connectivity index (χ3v) is 2.99. The summed E-state index contributed by atoms with van der Waals surface area (Å²) < 4.78 is 14.9. The Kier molecular flexibility index (Phi) is 3.40. The van der Waals surface area contributed by atoms with Crippen molar-refractivity contribution >= 4 is 11.6 Å². The topological polar surface area (TPSA) is 56.7 Å². The van der Waals surface area contributed by atoms with E-state index in [1.54, 1.807) is 23.9 Å². The number of rotatable bonds is 3. The molecular formula is C11H12ClFN4. The van der Waals surface area contributed by atoms with E-state index in [2.05, 4.69) is 10.1 Å². The van der Waals surface area contributed by atoms with Gasteiger partial charge in [-0.2, -0.15) is 5.10 Å². The molecule has 0 amide bonds. The summed E-state index contributed by atoms with van der Waals surface area (Å²) >= 11 is 5.87. The highest BCUT2D eigenvalue weighted by Crippen LogP contribution is 2.25. The molecule has 0 bridgehead atoms. The summed E-state index contributed by atoms with van der Waals surface area (Å²) in [5.41, 5.74) is 6.57. The SMILES string of the molecule is Cn1ncnc1CC(N)c1cccc(F)c1Cl. The molecule has 0 spiro atoms. The van der Waals surface area contributed by atoms with Crippen LogP contribution in [-0.4, -0.2) is 14.8 Å². The molecule has 2 rings (SSSR count). The quantitative estimate of drug-likeness (QED) is 0.910. The Labute approximate surface area is 103 Å². The van der Waals surface area contributed by atoms with Gasteiger partial charge in [0.05, 0.1) is 5.02 Å². The molecule has 1 atom stereocenters. The smallest absolute Gasteiger partial charge is 0.142 e. The van der Waals surface area contributed by atoms with Gasteiger partial charge in [-0.15, -0.1) is 0 Å². The Morgan fingerprint density at radius 2 is 2.29 bits per heavy atom. The van der Waals surface area contributed by atoms with Crippen LogP contribution < -0.4 is 5.73 Å². The van der Waals surface area contributed by atoms with Gasteiger partial charge >= 0.3 is 0 Å². The monoisotopic (exact) mass is 254 g/mol. The maximum Gasteiger partial charge on any atom is 0.142 e. The molecule has 1 heterocycles. The summed E-state index contributed by atoms with van der Waals surface area (Å²) in [6.07, 6.45) is 1.91. The van der Waals surface area contributed by atoms with Crippen LogP contribution in [0.4, 0.5) is 4.39 Å². The van der Waals surface area contributed by atoms with Crippen LogP contribution in [0, 0.1) is 5.82 Å². The molecule has 0 saturated heterocycles. The predicted octanol–water partition coefficient (Wildman–Crippen LogP) is 1.85. The van der Waals surface area contributed by atoms with E-state index in [1.807, 2.05) is 0 Å². The van der Waals surface area contributed by atoms with Crippen LogP contribution in [0.3, 0.4) is 0 Å². The Balaban J connectivity index is 2.23. The van der Waals surface area contributed by atoms with E-state index in [1.165, 1.54) is 12.4 Å². The van der Waals surface area contributed by atoms with Crippen molar-refractivity contribution in [2.45, 2.75) is 12.5 Å². The van der Waals surface area contributed by atoms with E-state index in [0.717, 1.165) is 5.82 Å². The van der Waals surface area contributed by atoms with Crippen molar-refractivity contribution in [2.24, 2.45) is 12.8 Å². The lowest BCUT2D eigenvalue weighted by Gasteiger charge is -2.13. The van der Waals surface area contributed by atoms with Gasteiger partial charge in [0.15, 0.2) is 0 Å². The molecule has 1 aromatic carbocycles. The van der Waals surface area contributed by atoms with E-state index in [4.69, 9.17) is 17.3 Å². The number of hydrogen-bond donors (Lipinski definition) is 1. The zero-order chi connectivity index (χ0) is 12.4. The van der Waals surface area contributed by atoms with Gasteiger partial charge in [-0.1, -0.05) is 23.7 Å². The average Bonchev–Trinajstić information content (AvgIpc) is 2.68. The van der Waals surface area contributed by atoms with Gasteiger partial charge in [-0.3, -0.25) is 4.68 Å². The van der Waals surface area contributed by atoms with E-state index in [0.29, 0.717) is 12.0 Å². The van der Waals surface area contributed by atoms with Crippen LogP contribution in [0.5, 0.6) is 0 Å². The van der Waals surface area contributed by atoms with Crippen molar-refractivity contribution in [2.75, 3.05) is 0 Å². The minimum atomic E-state index is -0.461. The first-order chi connectivity index (χ1) is 8.09.